The number of likely N-dealkylation sites (tertiary alicyclic amines) is 1. The van der Waals surface area contributed by atoms with Crippen LogP contribution in [0.1, 0.15) is 33.6 Å². The van der Waals surface area contributed by atoms with Crippen LogP contribution in [0.3, 0.4) is 0 Å². The van der Waals surface area contributed by atoms with Crippen LogP contribution in [0.25, 0.3) is 0 Å². The fourth-order valence-electron chi connectivity index (χ4n) is 2.44. The normalized spacial score (nSPS) is 15.3. The molecule has 4 amide bonds. The van der Waals surface area contributed by atoms with Crippen molar-refractivity contribution in [3.05, 3.63) is 0 Å². The number of carbonyl (C=O) groups excluding carboxylic acids is 4. The molecule has 2 N–H and O–H groups in total. The highest BCUT2D eigenvalue weighted by Gasteiger charge is 2.23. The van der Waals surface area contributed by atoms with Crippen molar-refractivity contribution in [1.82, 2.24) is 20.4 Å². The van der Waals surface area contributed by atoms with E-state index in [2.05, 4.69) is 10.6 Å². The highest BCUT2D eigenvalue weighted by Crippen LogP contribution is 2.08. The lowest BCUT2D eigenvalue weighted by molar-refractivity contribution is -0.136. The zero-order valence-electron chi connectivity index (χ0n) is 14.1. The fraction of sp³-hybridized carbons (Fsp3) is 0.733. The van der Waals surface area contributed by atoms with E-state index in [0.29, 0.717) is 26.1 Å². The Balaban J connectivity index is 2.31. The molecule has 1 aliphatic rings. The summed E-state index contributed by atoms with van der Waals surface area (Å²) in [6.45, 7) is 6.85. The maximum absolute atomic E-state index is 12.0. The van der Waals surface area contributed by atoms with Gasteiger partial charge in [-0.25, -0.2) is 0 Å². The van der Waals surface area contributed by atoms with Crippen molar-refractivity contribution >= 4 is 23.6 Å². The average Bonchev–Trinajstić information content (AvgIpc) is 2.91. The van der Waals surface area contributed by atoms with Gasteiger partial charge in [0, 0.05) is 26.1 Å². The number of hydrogen-bond acceptors (Lipinski definition) is 4. The Morgan fingerprint density at radius 3 is 2.39 bits per heavy atom. The minimum atomic E-state index is -0.639. The summed E-state index contributed by atoms with van der Waals surface area (Å²) in [5, 5.41) is 5.02. The summed E-state index contributed by atoms with van der Waals surface area (Å²) in [5.41, 5.74) is 0. The molecule has 0 radical (unpaired) electrons. The average molecular weight is 326 g/mol. The molecule has 1 fully saturated rings. The van der Waals surface area contributed by atoms with Gasteiger partial charge in [-0.15, -0.1) is 0 Å². The Kier molecular flexibility index (Phi) is 7.50. The molecule has 0 bridgehead atoms. The summed E-state index contributed by atoms with van der Waals surface area (Å²) in [5.74, 6) is -1.00. The van der Waals surface area contributed by atoms with E-state index in [1.54, 1.807) is 11.8 Å². The quantitative estimate of drug-likeness (QED) is 0.604. The van der Waals surface area contributed by atoms with Crippen molar-refractivity contribution < 1.29 is 19.2 Å². The van der Waals surface area contributed by atoms with Gasteiger partial charge in [0.05, 0.1) is 13.1 Å². The highest BCUT2D eigenvalue weighted by atomic mass is 16.2. The molecule has 0 unspecified atom stereocenters. The molecule has 0 aromatic carbocycles. The van der Waals surface area contributed by atoms with E-state index in [4.69, 9.17) is 0 Å². The highest BCUT2D eigenvalue weighted by molar-refractivity contribution is 5.91. The van der Waals surface area contributed by atoms with Gasteiger partial charge in [0.2, 0.25) is 23.6 Å². The van der Waals surface area contributed by atoms with Crippen molar-refractivity contribution in [2.45, 2.75) is 39.7 Å². The maximum Gasteiger partial charge on any atom is 0.244 e. The first-order valence-electron chi connectivity index (χ1n) is 8.01. The zero-order valence-corrected chi connectivity index (χ0v) is 14.1. The molecule has 8 heteroatoms. The predicted octanol–water partition coefficient (Wildman–Crippen LogP) is -0.902. The lowest BCUT2D eigenvalue weighted by Gasteiger charge is -2.23. The molecule has 0 saturated carbocycles. The number of carbonyl (C=O) groups is 4. The topological polar surface area (TPSA) is 98.8 Å². The Bertz CT molecular complexity index is 462. The molecule has 0 aliphatic carbocycles. The molecule has 130 valence electrons. The molecule has 0 spiro atoms. The van der Waals surface area contributed by atoms with Crippen molar-refractivity contribution in [3.63, 3.8) is 0 Å². The molecule has 1 saturated heterocycles. The summed E-state index contributed by atoms with van der Waals surface area (Å²) in [4.78, 5) is 50.0. The van der Waals surface area contributed by atoms with Gasteiger partial charge in [-0.3, -0.25) is 19.2 Å². The second-order valence-corrected chi connectivity index (χ2v) is 5.50. The van der Waals surface area contributed by atoms with Crippen LogP contribution in [0, 0.1) is 0 Å². The molecule has 8 nitrogen and oxygen atoms in total. The maximum atomic E-state index is 12.0. The summed E-state index contributed by atoms with van der Waals surface area (Å²) in [6, 6.07) is -0.639. The van der Waals surface area contributed by atoms with Crippen molar-refractivity contribution in [1.29, 1.82) is 0 Å². The van der Waals surface area contributed by atoms with E-state index in [1.165, 1.54) is 4.90 Å². The van der Waals surface area contributed by atoms with Gasteiger partial charge < -0.3 is 20.4 Å². The summed E-state index contributed by atoms with van der Waals surface area (Å²) in [7, 11) is 0. The van der Waals surface area contributed by atoms with E-state index >= 15 is 0 Å². The largest absolute Gasteiger partial charge is 0.345 e. The van der Waals surface area contributed by atoms with Crippen LogP contribution in [0.5, 0.6) is 0 Å². The van der Waals surface area contributed by atoms with Crippen LogP contribution in [-0.4, -0.2) is 72.2 Å². The standard InChI is InChI=1S/C15H26N4O4/c1-4-18(5-2)15(23)11(3)17-12(20)9-16-13(21)10-19-8-6-7-14(19)22/h11H,4-10H2,1-3H3,(H,16,21)(H,17,20)/t11-/m1/s1. The lowest BCUT2D eigenvalue weighted by Crippen LogP contribution is -2.50. The fourth-order valence-corrected chi connectivity index (χ4v) is 2.44. The SMILES string of the molecule is CCN(CC)C(=O)[C@@H](C)NC(=O)CNC(=O)CN1CCCC1=O. The van der Waals surface area contributed by atoms with Crippen molar-refractivity contribution in [2.75, 3.05) is 32.7 Å². The number of nitrogens with zero attached hydrogens (tertiary/aromatic N) is 2. The first-order valence-corrected chi connectivity index (χ1v) is 8.01. The van der Waals surface area contributed by atoms with Crippen LogP contribution in [0.2, 0.25) is 0 Å². The first kappa shape index (κ1) is 18.9. The number of amides is 4. The molecule has 0 aromatic heterocycles. The Hall–Kier alpha value is -2.12. The van der Waals surface area contributed by atoms with Gasteiger partial charge in [-0.05, 0) is 27.2 Å². The molecular weight excluding hydrogens is 300 g/mol. The Morgan fingerprint density at radius 1 is 1.22 bits per heavy atom. The van der Waals surface area contributed by atoms with Gasteiger partial charge in [0.1, 0.15) is 6.04 Å². The molecule has 1 aliphatic heterocycles. The monoisotopic (exact) mass is 326 g/mol. The summed E-state index contributed by atoms with van der Waals surface area (Å²) < 4.78 is 0. The van der Waals surface area contributed by atoms with E-state index in [9.17, 15) is 19.2 Å². The first-order chi connectivity index (χ1) is 10.9. The lowest BCUT2D eigenvalue weighted by atomic mass is 10.2. The van der Waals surface area contributed by atoms with Gasteiger partial charge in [-0.1, -0.05) is 0 Å². The second-order valence-electron chi connectivity index (χ2n) is 5.50. The van der Waals surface area contributed by atoms with Crippen LogP contribution in [0.15, 0.2) is 0 Å². The molecule has 1 atom stereocenters. The van der Waals surface area contributed by atoms with Crippen molar-refractivity contribution in [2.24, 2.45) is 0 Å². The molecule has 1 heterocycles. The van der Waals surface area contributed by atoms with Gasteiger partial charge >= 0.3 is 0 Å². The second kappa shape index (κ2) is 9.12. The zero-order chi connectivity index (χ0) is 17.4. The molecular formula is C15H26N4O4. The van der Waals surface area contributed by atoms with Crippen LogP contribution in [0.4, 0.5) is 0 Å². The number of hydrogen-bond donors (Lipinski definition) is 2. The van der Waals surface area contributed by atoms with Gasteiger partial charge in [0.15, 0.2) is 0 Å². The van der Waals surface area contributed by atoms with Crippen LogP contribution in [-0.2, 0) is 19.2 Å². The van der Waals surface area contributed by atoms with Gasteiger partial charge in [0.25, 0.3) is 0 Å². The molecule has 0 aromatic rings. The molecule has 23 heavy (non-hydrogen) atoms. The minimum absolute atomic E-state index is 0.0277. The van der Waals surface area contributed by atoms with Crippen LogP contribution < -0.4 is 10.6 Å². The summed E-state index contributed by atoms with van der Waals surface area (Å²) in [6.07, 6.45) is 1.23. The number of likely N-dealkylation sites (N-methyl/N-ethyl adjacent to an activating group) is 1. The van der Waals surface area contributed by atoms with Crippen molar-refractivity contribution in [3.8, 4) is 0 Å². The van der Waals surface area contributed by atoms with E-state index in [-0.39, 0.29) is 30.8 Å². The Morgan fingerprint density at radius 2 is 1.87 bits per heavy atom. The summed E-state index contributed by atoms with van der Waals surface area (Å²) >= 11 is 0. The molecule has 1 rings (SSSR count). The Labute approximate surface area is 136 Å². The van der Waals surface area contributed by atoms with Gasteiger partial charge in [-0.2, -0.15) is 0 Å². The smallest absolute Gasteiger partial charge is 0.244 e. The number of nitrogens with one attached hydrogen (secondary N) is 2. The third-order valence-electron chi connectivity index (χ3n) is 3.77. The predicted molar refractivity (Wildman–Crippen MR) is 84.4 cm³/mol. The number of rotatable bonds is 8. The third-order valence-corrected chi connectivity index (χ3v) is 3.77. The van der Waals surface area contributed by atoms with E-state index < -0.39 is 11.9 Å². The van der Waals surface area contributed by atoms with Crippen LogP contribution >= 0.6 is 0 Å². The minimum Gasteiger partial charge on any atom is -0.345 e. The van der Waals surface area contributed by atoms with E-state index in [1.807, 2.05) is 13.8 Å². The third kappa shape index (κ3) is 5.88. The van der Waals surface area contributed by atoms with E-state index in [0.717, 1.165) is 6.42 Å².